The number of nitrogens with zero attached hydrogens (tertiary/aromatic N) is 1. The largest absolute Gasteiger partial charge is 0.288 e. The van der Waals surface area contributed by atoms with Gasteiger partial charge in [0.2, 0.25) is 5.78 Å². The number of thiazole rings is 1. The maximum absolute atomic E-state index is 12.1. The molecule has 78 valence electrons. The van der Waals surface area contributed by atoms with Crippen LogP contribution in [0.5, 0.6) is 0 Å². The summed E-state index contributed by atoms with van der Waals surface area (Å²) in [6, 6.07) is 1.93. The Labute approximate surface area is 96.6 Å². The van der Waals surface area contributed by atoms with E-state index in [0.29, 0.717) is 0 Å². The zero-order chi connectivity index (χ0) is 11.0. The Balaban J connectivity index is 2.40. The minimum Gasteiger partial charge on any atom is -0.288 e. The first kappa shape index (κ1) is 10.5. The van der Waals surface area contributed by atoms with E-state index >= 15 is 0 Å². The molecule has 2 aromatic heterocycles. The lowest BCUT2D eigenvalue weighted by Crippen LogP contribution is -1.98. The molecule has 0 aromatic carbocycles. The number of rotatable bonds is 2. The third kappa shape index (κ3) is 2.01. The lowest BCUT2D eigenvalue weighted by atomic mass is 10.1. The number of carbonyl (C=O) groups excluding carboxylic acids is 1. The van der Waals surface area contributed by atoms with Crippen LogP contribution in [0.15, 0.2) is 11.4 Å². The Morgan fingerprint density at radius 1 is 1.33 bits per heavy atom. The average Bonchev–Trinajstić information content (AvgIpc) is 2.71. The normalized spacial score (nSPS) is 10.6. The van der Waals surface area contributed by atoms with Gasteiger partial charge in [0.05, 0.1) is 15.6 Å². The van der Waals surface area contributed by atoms with Gasteiger partial charge in [-0.3, -0.25) is 4.79 Å². The second-order valence-electron chi connectivity index (χ2n) is 3.42. The van der Waals surface area contributed by atoms with E-state index in [0.717, 1.165) is 26.0 Å². The zero-order valence-corrected chi connectivity index (χ0v) is 10.5. The van der Waals surface area contributed by atoms with Crippen LogP contribution in [0.2, 0.25) is 0 Å². The van der Waals surface area contributed by atoms with E-state index in [2.05, 4.69) is 4.98 Å². The number of aromatic nitrogens is 1. The van der Waals surface area contributed by atoms with Crippen molar-refractivity contribution in [1.82, 2.24) is 4.98 Å². The molecule has 0 aliphatic heterocycles. The molecule has 2 aromatic rings. The van der Waals surface area contributed by atoms with Crippen molar-refractivity contribution in [3.63, 3.8) is 0 Å². The van der Waals surface area contributed by atoms with Crippen LogP contribution >= 0.6 is 22.7 Å². The molecule has 0 radical (unpaired) electrons. The fourth-order valence-electron chi connectivity index (χ4n) is 1.44. The topological polar surface area (TPSA) is 30.0 Å². The fraction of sp³-hybridized carbons (Fsp3) is 0.273. The van der Waals surface area contributed by atoms with Crippen LogP contribution in [0.25, 0.3) is 0 Å². The summed E-state index contributed by atoms with van der Waals surface area (Å²) >= 11 is 3.07. The van der Waals surface area contributed by atoms with E-state index in [-0.39, 0.29) is 5.78 Å². The maximum atomic E-state index is 12.1. The monoisotopic (exact) mass is 237 g/mol. The summed E-state index contributed by atoms with van der Waals surface area (Å²) in [5, 5.41) is 2.86. The van der Waals surface area contributed by atoms with E-state index < -0.39 is 0 Å². The van der Waals surface area contributed by atoms with Crippen molar-refractivity contribution in [3.05, 3.63) is 37.5 Å². The standard InChI is InChI=1S/C11H11NOS2/c1-6-4-9(5-14-6)10(13)11-7(2)12-8(3)15-11/h4-5H,1-3H3. The van der Waals surface area contributed by atoms with Gasteiger partial charge in [0, 0.05) is 15.8 Å². The quantitative estimate of drug-likeness (QED) is 0.750. The number of hydrogen-bond donors (Lipinski definition) is 0. The molecular formula is C11H11NOS2. The highest BCUT2D eigenvalue weighted by molar-refractivity contribution is 7.14. The second kappa shape index (κ2) is 3.87. The van der Waals surface area contributed by atoms with Gasteiger partial charge < -0.3 is 0 Å². The van der Waals surface area contributed by atoms with Gasteiger partial charge in [0.15, 0.2) is 0 Å². The third-order valence-electron chi connectivity index (χ3n) is 2.10. The predicted octanol–water partition coefficient (Wildman–Crippen LogP) is 3.36. The molecule has 0 saturated heterocycles. The molecular weight excluding hydrogens is 226 g/mol. The summed E-state index contributed by atoms with van der Waals surface area (Å²) in [6.07, 6.45) is 0. The summed E-state index contributed by atoms with van der Waals surface area (Å²) < 4.78 is 0. The lowest BCUT2D eigenvalue weighted by Gasteiger charge is -1.93. The second-order valence-corrected chi connectivity index (χ2v) is 5.74. The van der Waals surface area contributed by atoms with E-state index in [1.54, 1.807) is 11.3 Å². The summed E-state index contributed by atoms with van der Waals surface area (Å²) in [5.74, 6) is 0.0995. The van der Waals surface area contributed by atoms with E-state index in [9.17, 15) is 4.79 Å². The van der Waals surface area contributed by atoms with Crippen molar-refractivity contribution < 1.29 is 4.79 Å². The predicted molar refractivity (Wildman–Crippen MR) is 64.1 cm³/mol. The van der Waals surface area contributed by atoms with Gasteiger partial charge in [-0.05, 0) is 26.8 Å². The highest BCUT2D eigenvalue weighted by Crippen LogP contribution is 2.23. The Bertz CT molecular complexity index is 510. The Kier molecular flexibility index (Phi) is 2.71. The molecule has 0 bridgehead atoms. The summed E-state index contributed by atoms with van der Waals surface area (Å²) in [6.45, 7) is 5.81. The van der Waals surface area contributed by atoms with E-state index in [1.165, 1.54) is 11.3 Å². The van der Waals surface area contributed by atoms with Gasteiger partial charge >= 0.3 is 0 Å². The minimum atomic E-state index is 0.0995. The summed E-state index contributed by atoms with van der Waals surface area (Å²) in [5.41, 5.74) is 1.62. The zero-order valence-electron chi connectivity index (χ0n) is 8.83. The molecule has 0 fully saturated rings. The fourth-order valence-corrected chi connectivity index (χ4v) is 3.00. The number of ketones is 1. The Morgan fingerprint density at radius 3 is 2.53 bits per heavy atom. The van der Waals surface area contributed by atoms with Gasteiger partial charge in [0.1, 0.15) is 0 Å². The molecule has 2 rings (SSSR count). The van der Waals surface area contributed by atoms with Gasteiger partial charge in [-0.1, -0.05) is 0 Å². The van der Waals surface area contributed by atoms with Crippen LogP contribution < -0.4 is 0 Å². The van der Waals surface area contributed by atoms with E-state index in [4.69, 9.17) is 0 Å². The molecule has 4 heteroatoms. The summed E-state index contributed by atoms with van der Waals surface area (Å²) in [4.78, 5) is 18.3. The smallest absolute Gasteiger partial charge is 0.205 e. The lowest BCUT2D eigenvalue weighted by molar-refractivity contribution is 0.104. The summed E-state index contributed by atoms with van der Waals surface area (Å²) in [7, 11) is 0. The van der Waals surface area contributed by atoms with Crippen molar-refractivity contribution in [3.8, 4) is 0 Å². The van der Waals surface area contributed by atoms with Crippen LogP contribution in [-0.2, 0) is 0 Å². The number of carbonyl (C=O) groups is 1. The van der Waals surface area contributed by atoms with Crippen molar-refractivity contribution in [2.75, 3.05) is 0 Å². The van der Waals surface area contributed by atoms with Crippen molar-refractivity contribution in [2.45, 2.75) is 20.8 Å². The minimum absolute atomic E-state index is 0.0995. The molecule has 0 amide bonds. The maximum Gasteiger partial charge on any atom is 0.205 e. The van der Waals surface area contributed by atoms with Crippen molar-refractivity contribution >= 4 is 28.5 Å². The van der Waals surface area contributed by atoms with Gasteiger partial charge in [0.25, 0.3) is 0 Å². The molecule has 2 nitrogen and oxygen atoms in total. The molecule has 0 N–H and O–H groups in total. The van der Waals surface area contributed by atoms with Gasteiger partial charge in [-0.25, -0.2) is 4.98 Å². The third-order valence-corrected chi connectivity index (χ3v) is 4.04. The van der Waals surface area contributed by atoms with Crippen molar-refractivity contribution in [2.24, 2.45) is 0 Å². The molecule has 0 aliphatic rings. The number of hydrogen-bond acceptors (Lipinski definition) is 4. The number of thiophene rings is 1. The van der Waals surface area contributed by atoms with Crippen LogP contribution in [-0.4, -0.2) is 10.8 Å². The molecule has 0 spiro atoms. The first-order chi connectivity index (χ1) is 7.08. The Hall–Kier alpha value is -1.000. The average molecular weight is 237 g/mol. The van der Waals surface area contributed by atoms with Crippen LogP contribution in [0.3, 0.4) is 0 Å². The molecule has 0 saturated carbocycles. The molecule has 0 atom stereocenters. The molecule has 0 unspecified atom stereocenters. The SMILES string of the molecule is Cc1cc(C(=O)c2sc(C)nc2C)cs1. The number of aryl methyl sites for hydroxylation is 3. The highest BCUT2D eigenvalue weighted by Gasteiger charge is 2.16. The molecule has 2 heterocycles. The molecule has 0 aliphatic carbocycles. The van der Waals surface area contributed by atoms with Crippen LogP contribution in [0.4, 0.5) is 0 Å². The first-order valence-electron chi connectivity index (χ1n) is 4.62. The van der Waals surface area contributed by atoms with Gasteiger partial charge in [-0.2, -0.15) is 0 Å². The molecule has 15 heavy (non-hydrogen) atoms. The van der Waals surface area contributed by atoms with Gasteiger partial charge in [-0.15, -0.1) is 22.7 Å². The Morgan fingerprint density at radius 2 is 2.07 bits per heavy atom. The van der Waals surface area contributed by atoms with Crippen LogP contribution in [0.1, 0.15) is 30.8 Å². The van der Waals surface area contributed by atoms with Crippen molar-refractivity contribution in [1.29, 1.82) is 0 Å². The highest BCUT2D eigenvalue weighted by atomic mass is 32.1. The first-order valence-corrected chi connectivity index (χ1v) is 6.31. The van der Waals surface area contributed by atoms with E-state index in [1.807, 2.05) is 32.2 Å². The van der Waals surface area contributed by atoms with Crippen LogP contribution in [0, 0.1) is 20.8 Å².